The smallest absolute Gasteiger partial charge is 0.299 e. The van der Waals surface area contributed by atoms with E-state index in [1.807, 2.05) is 6.07 Å². The van der Waals surface area contributed by atoms with Gasteiger partial charge in [0, 0.05) is 24.6 Å². The maximum absolute atomic E-state index is 13.2. The van der Waals surface area contributed by atoms with Crippen molar-refractivity contribution in [2.24, 2.45) is 4.99 Å². The van der Waals surface area contributed by atoms with E-state index in [4.69, 9.17) is 0 Å². The Morgan fingerprint density at radius 1 is 1.00 bits per heavy atom. The van der Waals surface area contributed by atoms with Crippen LogP contribution < -0.4 is 0 Å². The van der Waals surface area contributed by atoms with Crippen LogP contribution in [0.3, 0.4) is 0 Å². The minimum Gasteiger partial charge on any atom is -0.299 e. The van der Waals surface area contributed by atoms with Crippen LogP contribution in [0.2, 0.25) is 0 Å². The van der Waals surface area contributed by atoms with E-state index in [0.717, 1.165) is 16.7 Å². The molecule has 0 spiro atoms. The number of carbonyl (C=O) groups excluding carboxylic acids is 1. The fraction of sp³-hybridized carbons (Fsp3) is 0.222. The van der Waals surface area contributed by atoms with Crippen molar-refractivity contribution in [3.05, 3.63) is 58.1 Å². The highest BCUT2D eigenvalue weighted by Crippen LogP contribution is 2.39. The first-order valence-electron chi connectivity index (χ1n) is 7.30. The molecule has 0 amide bonds. The molecule has 0 bridgehead atoms. The Morgan fingerprint density at radius 2 is 1.83 bits per heavy atom. The second-order valence-corrected chi connectivity index (χ2v) is 5.90. The summed E-state index contributed by atoms with van der Waals surface area (Å²) in [4.78, 5) is 15.8. The Labute approximate surface area is 130 Å². The fourth-order valence-corrected chi connectivity index (χ4v) is 3.35. The molecule has 0 saturated heterocycles. The predicted molar refractivity (Wildman–Crippen MR) is 80.6 cm³/mol. The van der Waals surface area contributed by atoms with E-state index in [1.54, 1.807) is 18.3 Å². The van der Waals surface area contributed by atoms with Gasteiger partial charge in [0.1, 0.15) is 5.78 Å². The molecule has 0 saturated carbocycles. The fourth-order valence-electron chi connectivity index (χ4n) is 3.35. The summed E-state index contributed by atoms with van der Waals surface area (Å²) in [7, 11) is 0. The zero-order valence-corrected chi connectivity index (χ0v) is 12.1. The Bertz CT molecular complexity index is 865. The van der Waals surface area contributed by atoms with Gasteiger partial charge in [-0.3, -0.25) is 9.79 Å². The van der Waals surface area contributed by atoms with Crippen LogP contribution in [-0.2, 0) is 30.4 Å². The van der Waals surface area contributed by atoms with Gasteiger partial charge in [-0.25, -0.2) is 0 Å². The number of ketones is 1. The van der Waals surface area contributed by atoms with Crippen LogP contribution in [0.4, 0.5) is 13.2 Å². The first kappa shape index (κ1) is 14.2. The summed E-state index contributed by atoms with van der Waals surface area (Å²) in [6.07, 6.45) is -2.13. The van der Waals surface area contributed by atoms with E-state index in [-0.39, 0.29) is 18.7 Å². The van der Waals surface area contributed by atoms with Crippen LogP contribution in [0.15, 0.2) is 35.3 Å². The Morgan fingerprint density at radius 3 is 2.61 bits per heavy atom. The monoisotopic (exact) mass is 315 g/mol. The van der Waals surface area contributed by atoms with Crippen LogP contribution in [0.1, 0.15) is 27.8 Å². The first-order chi connectivity index (χ1) is 10.9. The Balaban J connectivity index is 1.97. The van der Waals surface area contributed by atoms with Crippen molar-refractivity contribution in [1.82, 2.24) is 0 Å². The van der Waals surface area contributed by atoms with Crippen molar-refractivity contribution >= 4 is 12.0 Å². The van der Waals surface area contributed by atoms with Gasteiger partial charge in [-0.1, -0.05) is 18.2 Å². The molecular formula is C18H12F3NO. The number of aliphatic imine (C=N–C) groups is 1. The van der Waals surface area contributed by atoms with Gasteiger partial charge in [-0.2, -0.15) is 13.2 Å². The number of benzene rings is 2. The van der Waals surface area contributed by atoms with E-state index in [0.29, 0.717) is 23.1 Å². The molecule has 116 valence electrons. The van der Waals surface area contributed by atoms with E-state index in [9.17, 15) is 18.0 Å². The second-order valence-electron chi connectivity index (χ2n) is 5.90. The average Bonchev–Trinajstić information content (AvgIpc) is 3.09. The highest BCUT2D eigenvalue weighted by molar-refractivity contribution is 5.97. The number of carbonyl (C=O) groups is 1. The number of alkyl halides is 3. The van der Waals surface area contributed by atoms with Crippen molar-refractivity contribution in [3.63, 3.8) is 0 Å². The maximum atomic E-state index is 13.2. The van der Waals surface area contributed by atoms with E-state index in [2.05, 4.69) is 4.99 Å². The number of hydrogen-bond acceptors (Lipinski definition) is 2. The molecule has 1 aliphatic heterocycles. The number of Topliss-reactive ketones (excluding diaryl/α,β-unsaturated/α-hetero) is 1. The molecule has 0 radical (unpaired) electrons. The van der Waals surface area contributed by atoms with Gasteiger partial charge in [-0.05, 0) is 39.9 Å². The van der Waals surface area contributed by atoms with Crippen LogP contribution >= 0.6 is 0 Å². The number of fused-ring (bicyclic) bond motifs is 2. The number of halogens is 3. The predicted octanol–water partition coefficient (Wildman–Crippen LogP) is 3.97. The summed E-state index contributed by atoms with van der Waals surface area (Å²) >= 11 is 0. The first-order valence-corrected chi connectivity index (χ1v) is 7.30. The quantitative estimate of drug-likeness (QED) is 0.783. The summed E-state index contributed by atoms with van der Waals surface area (Å²) < 4.78 is 39.6. The van der Waals surface area contributed by atoms with Crippen LogP contribution in [0.25, 0.3) is 11.1 Å². The number of hydrogen-bond donors (Lipinski definition) is 0. The molecule has 0 aromatic heterocycles. The molecule has 0 fully saturated rings. The lowest BCUT2D eigenvalue weighted by Gasteiger charge is -2.15. The van der Waals surface area contributed by atoms with Crippen LogP contribution in [0, 0.1) is 0 Å². The van der Waals surface area contributed by atoms with E-state index < -0.39 is 11.7 Å². The van der Waals surface area contributed by atoms with Crippen molar-refractivity contribution in [3.8, 4) is 11.1 Å². The molecule has 23 heavy (non-hydrogen) atoms. The molecule has 2 aliphatic rings. The zero-order valence-electron chi connectivity index (χ0n) is 12.1. The normalized spacial score (nSPS) is 15.9. The van der Waals surface area contributed by atoms with Gasteiger partial charge >= 0.3 is 6.18 Å². The van der Waals surface area contributed by atoms with Gasteiger partial charge in [-0.15, -0.1) is 0 Å². The molecule has 5 heteroatoms. The standard InChI is InChI=1S/C18H12F3NO/c19-18(20,21)12-4-11-8-22-9-17(11)16(6-12)14-3-1-2-10-5-13(23)7-15(10)14/h1-4,6,9H,5,7-8H2. The van der Waals surface area contributed by atoms with Crippen molar-refractivity contribution in [2.75, 3.05) is 0 Å². The molecule has 0 unspecified atom stereocenters. The third kappa shape index (κ3) is 2.27. The highest BCUT2D eigenvalue weighted by atomic mass is 19.4. The Kier molecular flexibility index (Phi) is 2.95. The SMILES string of the molecule is O=C1Cc2cccc(-c3cc(C(F)(F)F)cc4c3C=NC4)c2C1. The van der Waals surface area contributed by atoms with Crippen LogP contribution in [0.5, 0.6) is 0 Å². The average molecular weight is 315 g/mol. The largest absolute Gasteiger partial charge is 0.416 e. The van der Waals surface area contributed by atoms with Crippen molar-refractivity contribution < 1.29 is 18.0 Å². The summed E-state index contributed by atoms with van der Waals surface area (Å²) in [5, 5.41) is 0. The number of nitrogens with zero attached hydrogens (tertiary/aromatic N) is 1. The lowest BCUT2D eigenvalue weighted by molar-refractivity contribution is -0.137. The van der Waals surface area contributed by atoms with Gasteiger partial charge in [0.2, 0.25) is 0 Å². The van der Waals surface area contributed by atoms with Crippen molar-refractivity contribution in [2.45, 2.75) is 25.6 Å². The molecule has 1 heterocycles. The topological polar surface area (TPSA) is 29.4 Å². The molecule has 0 N–H and O–H groups in total. The molecule has 2 aromatic rings. The summed E-state index contributed by atoms with van der Waals surface area (Å²) in [6.45, 7) is 0.264. The molecule has 2 nitrogen and oxygen atoms in total. The third-order valence-electron chi connectivity index (χ3n) is 4.40. The summed E-state index contributed by atoms with van der Waals surface area (Å²) in [5.41, 5.74) is 3.63. The summed E-state index contributed by atoms with van der Waals surface area (Å²) in [5.74, 6) is 0.102. The molecule has 0 atom stereocenters. The van der Waals surface area contributed by atoms with E-state index in [1.165, 1.54) is 12.1 Å². The summed E-state index contributed by atoms with van der Waals surface area (Å²) in [6, 6.07) is 7.80. The second kappa shape index (κ2) is 4.78. The lowest BCUT2D eigenvalue weighted by atomic mass is 9.90. The third-order valence-corrected chi connectivity index (χ3v) is 4.40. The van der Waals surface area contributed by atoms with Gasteiger partial charge < -0.3 is 0 Å². The highest BCUT2D eigenvalue weighted by Gasteiger charge is 2.33. The van der Waals surface area contributed by atoms with Crippen LogP contribution in [-0.4, -0.2) is 12.0 Å². The minimum atomic E-state index is -4.40. The van der Waals surface area contributed by atoms with Gasteiger partial charge in [0.15, 0.2) is 0 Å². The van der Waals surface area contributed by atoms with E-state index >= 15 is 0 Å². The Hall–Kier alpha value is -2.43. The maximum Gasteiger partial charge on any atom is 0.416 e. The lowest BCUT2D eigenvalue weighted by Crippen LogP contribution is -2.07. The zero-order chi connectivity index (χ0) is 16.2. The van der Waals surface area contributed by atoms with Gasteiger partial charge in [0.25, 0.3) is 0 Å². The molecule has 2 aromatic carbocycles. The number of rotatable bonds is 1. The van der Waals surface area contributed by atoms with Crippen molar-refractivity contribution in [1.29, 1.82) is 0 Å². The van der Waals surface area contributed by atoms with Gasteiger partial charge in [0.05, 0.1) is 12.1 Å². The minimum absolute atomic E-state index is 0.102. The molecule has 4 rings (SSSR count). The molecular weight excluding hydrogens is 303 g/mol. The molecule has 1 aliphatic carbocycles.